The molecule has 7 nitrogen and oxygen atoms in total. The first kappa shape index (κ1) is 20.7. The minimum Gasteiger partial charge on any atom is -0.493 e. The van der Waals surface area contributed by atoms with Gasteiger partial charge in [-0.2, -0.15) is 0 Å². The van der Waals surface area contributed by atoms with Crippen LogP contribution in [0.3, 0.4) is 0 Å². The van der Waals surface area contributed by atoms with Crippen LogP contribution in [0.5, 0.6) is 11.5 Å². The molecule has 0 aromatic heterocycles. The number of nitro groups is 1. The summed E-state index contributed by atoms with van der Waals surface area (Å²) in [6.45, 7) is 6.13. The number of hydrogen-bond donors (Lipinski definition) is 2. The fourth-order valence-electron chi connectivity index (χ4n) is 2.39. The van der Waals surface area contributed by atoms with Crippen LogP contribution in [0.2, 0.25) is 0 Å². The second-order valence-electron chi connectivity index (χ2n) is 5.62. The van der Waals surface area contributed by atoms with Crippen LogP contribution in [0, 0.1) is 10.1 Å². The van der Waals surface area contributed by atoms with Gasteiger partial charge < -0.3 is 20.1 Å². The molecule has 0 heterocycles. The first-order valence-electron chi connectivity index (χ1n) is 8.34. The maximum absolute atomic E-state index is 10.6. The van der Waals surface area contributed by atoms with Crippen molar-refractivity contribution in [3.05, 3.63) is 69.2 Å². The van der Waals surface area contributed by atoms with Gasteiger partial charge in [0.25, 0.3) is 5.69 Å². The summed E-state index contributed by atoms with van der Waals surface area (Å²) in [6, 6.07) is 10.3. The number of benzene rings is 2. The van der Waals surface area contributed by atoms with Gasteiger partial charge in [0, 0.05) is 37.5 Å². The molecular formula is C19H22BrN3O4. The van der Waals surface area contributed by atoms with Crippen LogP contribution < -0.4 is 20.1 Å². The zero-order valence-corrected chi connectivity index (χ0v) is 16.6. The molecule has 0 atom stereocenters. The van der Waals surface area contributed by atoms with Gasteiger partial charge >= 0.3 is 0 Å². The Balaban J connectivity index is 1.81. The Morgan fingerprint density at radius 2 is 2.00 bits per heavy atom. The molecular weight excluding hydrogens is 414 g/mol. The van der Waals surface area contributed by atoms with E-state index in [4.69, 9.17) is 9.47 Å². The molecule has 27 heavy (non-hydrogen) atoms. The number of rotatable bonds is 11. The molecule has 0 saturated heterocycles. The molecule has 0 aliphatic heterocycles. The van der Waals surface area contributed by atoms with Crippen LogP contribution in [-0.4, -0.2) is 31.7 Å². The lowest BCUT2D eigenvalue weighted by Gasteiger charge is -2.14. The molecule has 2 N–H and O–H groups in total. The highest BCUT2D eigenvalue weighted by Gasteiger charge is 2.11. The van der Waals surface area contributed by atoms with Crippen LogP contribution in [0.15, 0.2) is 53.5 Å². The van der Waals surface area contributed by atoms with Crippen LogP contribution in [0.1, 0.15) is 5.56 Å². The first-order chi connectivity index (χ1) is 13.0. The van der Waals surface area contributed by atoms with E-state index in [9.17, 15) is 10.1 Å². The average molecular weight is 436 g/mol. The van der Waals surface area contributed by atoms with Gasteiger partial charge in [-0.15, -0.1) is 0 Å². The second-order valence-corrected chi connectivity index (χ2v) is 6.47. The van der Waals surface area contributed by atoms with E-state index in [0.717, 1.165) is 22.3 Å². The van der Waals surface area contributed by atoms with Crippen molar-refractivity contribution >= 4 is 27.3 Å². The lowest BCUT2D eigenvalue weighted by atomic mass is 10.2. The van der Waals surface area contributed by atoms with Crippen LogP contribution >= 0.6 is 15.9 Å². The fourth-order valence-corrected chi connectivity index (χ4v) is 2.99. The third-order valence-electron chi connectivity index (χ3n) is 3.67. The van der Waals surface area contributed by atoms with Gasteiger partial charge in [-0.1, -0.05) is 12.7 Å². The standard InChI is InChI=1S/C19H22BrN3O4/c1-3-10-27-19-17(20)11-14(12-18(19)26-2)13-21-8-9-22-15-4-6-16(7-5-15)23(24)25/h3-7,11-12,21-22H,1,8-10,13H2,2H3. The van der Waals surface area contributed by atoms with E-state index >= 15 is 0 Å². The van der Waals surface area contributed by atoms with Crippen molar-refractivity contribution in [3.8, 4) is 11.5 Å². The molecule has 0 saturated carbocycles. The lowest BCUT2D eigenvalue weighted by molar-refractivity contribution is -0.384. The number of non-ortho nitro benzene ring substituents is 1. The third kappa shape index (κ3) is 6.26. The van der Waals surface area contributed by atoms with Crippen LogP contribution in [0.25, 0.3) is 0 Å². The number of hydrogen-bond acceptors (Lipinski definition) is 6. The summed E-state index contributed by atoms with van der Waals surface area (Å²) in [5.74, 6) is 1.31. The molecule has 2 rings (SSSR count). The molecule has 2 aromatic rings. The van der Waals surface area contributed by atoms with E-state index < -0.39 is 4.92 Å². The Bertz CT molecular complexity index is 781. The van der Waals surface area contributed by atoms with E-state index in [2.05, 4.69) is 33.1 Å². The van der Waals surface area contributed by atoms with E-state index in [0.29, 0.717) is 31.2 Å². The second kappa shape index (κ2) is 10.5. The van der Waals surface area contributed by atoms with E-state index in [1.54, 1.807) is 25.3 Å². The Morgan fingerprint density at radius 1 is 1.26 bits per heavy atom. The molecule has 0 amide bonds. The molecule has 2 aromatic carbocycles. The number of ether oxygens (including phenoxy) is 2. The minimum absolute atomic E-state index is 0.0821. The number of methoxy groups -OCH3 is 1. The summed E-state index contributed by atoms with van der Waals surface area (Å²) in [5.41, 5.74) is 1.98. The van der Waals surface area contributed by atoms with Gasteiger partial charge in [-0.3, -0.25) is 10.1 Å². The monoisotopic (exact) mass is 435 g/mol. The summed E-state index contributed by atoms with van der Waals surface area (Å²) < 4.78 is 11.8. The molecule has 0 spiro atoms. The molecule has 8 heteroatoms. The lowest BCUT2D eigenvalue weighted by Crippen LogP contribution is -2.21. The highest BCUT2D eigenvalue weighted by Crippen LogP contribution is 2.36. The molecule has 144 valence electrons. The van der Waals surface area contributed by atoms with Crippen LogP contribution in [-0.2, 0) is 6.54 Å². The van der Waals surface area contributed by atoms with Crippen molar-refractivity contribution in [1.29, 1.82) is 0 Å². The Labute approximate surface area is 166 Å². The van der Waals surface area contributed by atoms with Gasteiger partial charge in [-0.25, -0.2) is 0 Å². The SMILES string of the molecule is C=CCOc1c(Br)cc(CNCCNc2ccc([N+](=O)[O-])cc2)cc1OC. The first-order valence-corrected chi connectivity index (χ1v) is 9.13. The van der Waals surface area contributed by atoms with Gasteiger partial charge in [0.2, 0.25) is 0 Å². The number of anilines is 1. The molecule has 0 unspecified atom stereocenters. The number of nitrogens with zero attached hydrogens (tertiary/aromatic N) is 1. The summed E-state index contributed by atoms with van der Waals surface area (Å²) in [4.78, 5) is 10.2. The third-order valence-corrected chi connectivity index (χ3v) is 4.26. The van der Waals surface area contributed by atoms with E-state index in [1.807, 2.05) is 12.1 Å². The highest BCUT2D eigenvalue weighted by atomic mass is 79.9. The predicted octanol–water partition coefficient (Wildman–Crippen LogP) is 4.13. The Morgan fingerprint density at radius 3 is 2.63 bits per heavy atom. The molecule has 0 bridgehead atoms. The average Bonchev–Trinajstić information content (AvgIpc) is 2.66. The topological polar surface area (TPSA) is 85.7 Å². The Hall–Kier alpha value is -2.58. The quantitative estimate of drug-likeness (QED) is 0.239. The zero-order chi connectivity index (χ0) is 19.6. The molecule has 0 fully saturated rings. The molecule has 0 aliphatic rings. The highest BCUT2D eigenvalue weighted by molar-refractivity contribution is 9.10. The summed E-state index contributed by atoms with van der Waals surface area (Å²) in [7, 11) is 1.61. The van der Waals surface area contributed by atoms with Crippen molar-refractivity contribution in [1.82, 2.24) is 5.32 Å². The maximum Gasteiger partial charge on any atom is 0.269 e. The summed E-state index contributed by atoms with van der Waals surface area (Å²) in [6.07, 6.45) is 1.68. The van der Waals surface area contributed by atoms with Gasteiger partial charge in [0.15, 0.2) is 11.5 Å². The van der Waals surface area contributed by atoms with Crippen LogP contribution in [0.4, 0.5) is 11.4 Å². The fraction of sp³-hybridized carbons (Fsp3) is 0.263. The van der Waals surface area contributed by atoms with Gasteiger partial charge in [0.05, 0.1) is 16.5 Å². The summed E-state index contributed by atoms with van der Waals surface area (Å²) in [5, 5.41) is 17.2. The normalized spacial score (nSPS) is 10.3. The van der Waals surface area contributed by atoms with Gasteiger partial charge in [-0.05, 0) is 45.8 Å². The van der Waals surface area contributed by atoms with E-state index in [1.165, 1.54) is 12.1 Å². The number of nitro benzene ring substituents is 1. The summed E-state index contributed by atoms with van der Waals surface area (Å²) >= 11 is 3.51. The molecule has 0 radical (unpaired) electrons. The van der Waals surface area contributed by atoms with Crippen molar-refractivity contribution in [2.24, 2.45) is 0 Å². The predicted molar refractivity (Wildman–Crippen MR) is 110 cm³/mol. The van der Waals surface area contributed by atoms with Crippen molar-refractivity contribution < 1.29 is 14.4 Å². The van der Waals surface area contributed by atoms with E-state index in [-0.39, 0.29) is 5.69 Å². The minimum atomic E-state index is -0.411. The number of halogens is 1. The largest absolute Gasteiger partial charge is 0.493 e. The van der Waals surface area contributed by atoms with Crippen molar-refractivity contribution in [2.75, 3.05) is 32.1 Å². The van der Waals surface area contributed by atoms with Crippen molar-refractivity contribution in [2.45, 2.75) is 6.54 Å². The Kier molecular flexibility index (Phi) is 8.09. The smallest absolute Gasteiger partial charge is 0.269 e. The van der Waals surface area contributed by atoms with Gasteiger partial charge in [0.1, 0.15) is 6.61 Å². The number of nitrogens with one attached hydrogen (secondary N) is 2. The maximum atomic E-state index is 10.6. The molecule has 0 aliphatic carbocycles. The zero-order valence-electron chi connectivity index (χ0n) is 15.0. The van der Waals surface area contributed by atoms with Crippen molar-refractivity contribution in [3.63, 3.8) is 0 Å².